The van der Waals surface area contributed by atoms with E-state index in [1.165, 1.54) is 4.90 Å². The average molecular weight is 204 g/mol. The largest absolute Gasteiger partial charge is 0.336 e. The molecule has 0 radical (unpaired) electrons. The summed E-state index contributed by atoms with van der Waals surface area (Å²) >= 11 is 0. The fourth-order valence-electron chi connectivity index (χ4n) is 2.05. The van der Waals surface area contributed by atoms with Gasteiger partial charge in [-0.3, -0.25) is 4.79 Å². The van der Waals surface area contributed by atoms with Gasteiger partial charge in [-0.05, 0) is 13.0 Å². The summed E-state index contributed by atoms with van der Waals surface area (Å²) in [6.45, 7) is 1.28. The first kappa shape index (κ1) is 9.83. The van der Waals surface area contributed by atoms with E-state index in [1.54, 1.807) is 0 Å². The number of hydrogen-bond donors (Lipinski definition) is 1. The molecule has 2 fully saturated rings. The molecule has 0 aromatic heterocycles. The number of carbonyl (C=O) groups excluding carboxylic acids is 1. The molecule has 5 heteroatoms. The summed E-state index contributed by atoms with van der Waals surface area (Å²) in [5.74, 6) is -2.85. The highest BCUT2D eigenvalue weighted by Gasteiger charge is 2.42. The summed E-state index contributed by atoms with van der Waals surface area (Å²) < 4.78 is 25.7. The number of amides is 1. The Hall–Kier alpha value is -0.710. The van der Waals surface area contributed by atoms with Crippen molar-refractivity contribution in [1.29, 1.82) is 0 Å². The monoisotopic (exact) mass is 204 g/mol. The van der Waals surface area contributed by atoms with Crippen LogP contribution in [0.3, 0.4) is 0 Å². The Morgan fingerprint density at radius 2 is 2.29 bits per heavy atom. The normalized spacial score (nSPS) is 31.0. The van der Waals surface area contributed by atoms with Crippen LogP contribution < -0.4 is 5.32 Å². The van der Waals surface area contributed by atoms with Crippen LogP contribution >= 0.6 is 0 Å². The fraction of sp³-hybridized carbons (Fsp3) is 0.889. The molecule has 2 saturated heterocycles. The lowest BCUT2D eigenvalue weighted by Gasteiger charge is -2.19. The van der Waals surface area contributed by atoms with Crippen molar-refractivity contribution in [3.8, 4) is 0 Å². The van der Waals surface area contributed by atoms with Crippen LogP contribution in [0, 0.1) is 5.92 Å². The van der Waals surface area contributed by atoms with Gasteiger partial charge in [-0.25, -0.2) is 8.78 Å². The molecular formula is C9H14F2N2O. The van der Waals surface area contributed by atoms with Gasteiger partial charge in [0.2, 0.25) is 5.91 Å². The Morgan fingerprint density at radius 3 is 2.79 bits per heavy atom. The lowest BCUT2D eigenvalue weighted by atomic mass is 10.1. The molecule has 2 rings (SSSR count). The summed E-state index contributed by atoms with van der Waals surface area (Å²) in [6, 6.07) is 0. The Balaban J connectivity index is 1.92. The van der Waals surface area contributed by atoms with Gasteiger partial charge in [-0.15, -0.1) is 0 Å². The molecule has 0 aromatic carbocycles. The molecule has 1 N–H and O–H groups in total. The molecule has 2 aliphatic heterocycles. The first-order valence-corrected chi connectivity index (χ1v) is 4.96. The van der Waals surface area contributed by atoms with Gasteiger partial charge < -0.3 is 10.2 Å². The van der Waals surface area contributed by atoms with Crippen molar-refractivity contribution in [1.82, 2.24) is 10.2 Å². The third-order valence-corrected chi connectivity index (χ3v) is 2.89. The van der Waals surface area contributed by atoms with Crippen molar-refractivity contribution < 1.29 is 13.6 Å². The van der Waals surface area contributed by atoms with Gasteiger partial charge in [0.1, 0.15) is 0 Å². The average Bonchev–Trinajstić information content (AvgIpc) is 2.72. The molecule has 0 aromatic rings. The molecule has 2 heterocycles. The Kier molecular flexibility index (Phi) is 2.43. The minimum absolute atomic E-state index is 0.0797. The van der Waals surface area contributed by atoms with Gasteiger partial charge in [-0.2, -0.15) is 0 Å². The fourth-order valence-corrected chi connectivity index (χ4v) is 2.05. The zero-order valence-corrected chi connectivity index (χ0v) is 7.93. The zero-order valence-electron chi connectivity index (χ0n) is 7.93. The topological polar surface area (TPSA) is 32.3 Å². The molecular weight excluding hydrogens is 190 g/mol. The van der Waals surface area contributed by atoms with Crippen molar-refractivity contribution in [3.63, 3.8) is 0 Å². The van der Waals surface area contributed by atoms with Crippen molar-refractivity contribution in [2.75, 3.05) is 26.2 Å². The summed E-state index contributed by atoms with van der Waals surface area (Å²) in [7, 11) is 0. The van der Waals surface area contributed by atoms with Crippen LogP contribution in [0.1, 0.15) is 12.8 Å². The van der Waals surface area contributed by atoms with Crippen molar-refractivity contribution in [3.05, 3.63) is 0 Å². The first-order chi connectivity index (χ1) is 6.58. The second kappa shape index (κ2) is 3.46. The predicted molar refractivity (Wildman–Crippen MR) is 47.1 cm³/mol. The number of nitrogens with zero attached hydrogens (tertiary/aromatic N) is 1. The molecule has 0 aliphatic carbocycles. The number of hydrogen-bond acceptors (Lipinski definition) is 2. The van der Waals surface area contributed by atoms with Gasteiger partial charge in [0, 0.05) is 19.5 Å². The van der Waals surface area contributed by atoms with Crippen molar-refractivity contribution in [2.45, 2.75) is 18.8 Å². The molecule has 0 spiro atoms. The highest BCUT2D eigenvalue weighted by atomic mass is 19.3. The van der Waals surface area contributed by atoms with E-state index in [1.807, 2.05) is 0 Å². The first-order valence-electron chi connectivity index (χ1n) is 4.96. The molecule has 1 amide bonds. The molecule has 80 valence electrons. The van der Waals surface area contributed by atoms with Gasteiger partial charge in [0.05, 0.1) is 12.5 Å². The highest BCUT2D eigenvalue weighted by Crippen LogP contribution is 2.28. The maximum atomic E-state index is 12.8. The molecule has 0 saturated carbocycles. The standard InChI is InChI=1S/C9H14F2N2O/c10-9(11)2-4-13(6-9)8(14)7-1-3-12-5-7/h7,12H,1-6H2/t7-/m0/s1. The second-order valence-corrected chi connectivity index (χ2v) is 4.06. The van der Waals surface area contributed by atoms with Crippen LogP contribution in [-0.2, 0) is 4.79 Å². The Bertz CT molecular complexity index is 239. The van der Waals surface area contributed by atoms with Gasteiger partial charge in [-0.1, -0.05) is 0 Å². The third-order valence-electron chi connectivity index (χ3n) is 2.89. The zero-order chi connectivity index (χ0) is 10.2. The number of carbonyl (C=O) groups is 1. The van der Waals surface area contributed by atoms with Crippen LogP contribution in [-0.4, -0.2) is 42.9 Å². The SMILES string of the molecule is O=C([C@H]1CCNC1)N1CCC(F)(F)C1. The Labute approximate surface area is 81.4 Å². The third kappa shape index (κ3) is 1.87. The quantitative estimate of drug-likeness (QED) is 0.673. The second-order valence-electron chi connectivity index (χ2n) is 4.06. The maximum absolute atomic E-state index is 12.8. The Morgan fingerprint density at radius 1 is 1.50 bits per heavy atom. The minimum Gasteiger partial charge on any atom is -0.336 e. The molecule has 2 aliphatic rings. The number of alkyl halides is 2. The van der Waals surface area contributed by atoms with Crippen molar-refractivity contribution in [2.24, 2.45) is 5.92 Å². The lowest BCUT2D eigenvalue weighted by molar-refractivity contribution is -0.135. The van der Waals surface area contributed by atoms with Crippen LogP contribution in [0.5, 0.6) is 0 Å². The molecule has 3 nitrogen and oxygen atoms in total. The maximum Gasteiger partial charge on any atom is 0.267 e. The number of halogens is 2. The lowest BCUT2D eigenvalue weighted by Crippen LogP contribution is -2.36. The van der Waals surface area contributed by atoms with Gasteiger partial charge in [0.15, 0.2) is 0 Å². The number of nitrogens with one attached hydrogen (secondary N) is 1. The molecule has 1 atom stereocenters. The summed E-state index contributed by atoms with van der Waals surface area (Å²) in [4.78, 5) is 13.0. The van der Waals surface area contributed by atoms with Gasteiger partial charge >= 0.3 is 0 Å². The molecule has 0 unspecified atom stereocenters. The van der Waals surface area contributed by atoms with E-state index in [2.05, 4.69) is 5.32 Å². The smallest absolute Gasteiger partial charge is 0.267 e. The summed E-state index contributed by atoms with van der Waals surface area (Å²) in [6.07, 6.45) is 0.597. The van der Waals surface area contributed by atoms with Crippen LogP contribution in [0.2, 0.25) is 0 Å². The predicted octanol–water partition coefficient (Wildman–Crippen LogP) is 0.464. The molecule has 0 bridgehead atoms. The van der Waals surface area contributed by atoms with Crippen LogP contribution in [0.15, 0.2) is 0 Å². The van der Waals surface area contributed by atoms with E-state index in [-0.39, 0.29) is 31.3 Å². The van der Waals surface area contributed by atoms with Crippen LogP contribution in [0.25, 0.3) is 0 Å². The van der Waals surface area contributed by atoms with E-state index >= 15 is 0 Å². The van der Waals surface area contributed by atoms with E-state index in [0.717, 1.165) is 13.0 Å². The van der Waals surface area contributed by atoms with E-state index in [4.69, 9.17) is 0 Å². The summed E-state index contributed by atoms with van der Waals surface area (Å²) in [5.41, 5.74) is 0. The van der Waals surface area contributed by atoms with E-state index in [0.29, 0.717) is 6.54 Å². The highest BCUT2D eigenvalue weighted by molar-refractivity contribution is 5.79. The van der Waals surface area contributed by atoms with Gasteiger partial charge in [0.25, 0.3) is 5.92 Å². The van der Waals surface area contributed by atoms with E-state index < -0.39 is 5.92 Å². The molecule has 14 heavy (non-hydrogen) atoms. The summed E-state index contributed by atoms with van der Waals surface area (Å²) in [5, 5.41) is 3.06. The number of rotatable bonds is 1. The van der Waals surface area contributed by atoms with E-state index in [9.17, 15) is 13.6 Å². The van der Waals surface area contributed by atoms with Crippen LogP contribution in [0.4, 0.5) is 8.78 Å². The minimum atomic E-state index is -2.66. The number of likely N-dealkylation sites (tertiary alicyclic amines) is 1. The van der Waals surface area contributed by atoms with Crippen molar-refractivity contribution >= 4 is 5.91 Å².